The van der Waals surface area contributed by atoms with Gasteiger partial charge in [-0.05, 0) is 30.2 Å². The highest BCUT2D eigenvalue weighted by Crippen LogP contribution is 2.40. The predicted octanol–water partition coefficient (Wildman–Crippen LogP) is 3.20. The molecule has 33 heavy (non-hydrogen) atoms. The molecular formula is C25H23N3O5. The number of carbonyl (C=O) groups is 1. The zero-order valence-corrected chi connectivity index (χ0v) is 18.0. The van der Waals surface area contributed by atoms with E-state index in [0.717, 1.165) is 5.56 Å². The van der Waals surface area contributed by atoms with Crippen molar-refractivity contribution in [3.05, 3.63) is 116 Å². The average Bonchev–Trinajstić information content (AvgIpc) is 2.81. The normalized spacial score (nSPS) is 14.8. The van der Waals surface area contributed by atoms with E-state index in [1.165, 1.54) is 6.08 Å². The Morgan fingerprint density at radius 3 is 2.64 bits per heavy atom. The third-order valence-corrected chi connectivity index (χ3v) is 5.27. The molecule has 0 saturated heterocycles. The fourth-order valence-electron chi connectivity index (χ4n) is 3.83. The molecular weight excluding hydrogens is 422 g/mol. The average molecular weight is 445 g/mol. The summed E-state index contributed by atoms with van der Waals surface area (Å²) in [6.07, 6.45) is 1.47. The first kappa shape index (κ1) is 21.9. The molecule has 2 aromatic carbocycles. The molecule has 0 aliphatic carbocycles. The van der Waals surface area contributed by atoms with Crippen LogP contribution in [0.2, 0.25) is 0 Å². The monoisotopic (exact) mass is 445 g/mol. The minimum Gasteiger partial charge on any atom is -0.489 e. The van der Waals surface area contributed by atoms with Gasteiger partial charge in [0.1, 0.15) is 24.8 Å². The van der Waals surface area contributed by atoms with Gasteiger partial charge in [0.2, 0.25) is 0 Å². The van der Waals surface area contributed by atoms with Crippen LogP contribution in [0.4, 0.5) is 5.82 Å². The zero-order valence-electron chi connectivity index (χ0n) is 18.0. The van der Waals surface area contributed by atoms with Crippen molar-refractivity contribution in [2.75, 3.05) is 11.9 Å². The number of hydrogen-bond acceptors (Lipinski definition) is 6. The molecule has 1 atom stereocenters. The van der Waals surface area contributed by atoms with Gasteiger partial charge in [0.15, 0.2) is 0 Å². The van der Waals surface area contributed by atoms with Crippen molar-refractivity contribution in [2.45, 2.75) is 19.4 Å². The predicted molar refractivity (Wildman–Crippen MR) is 124 cm³/mol. The van der Waals surface area contributed by atoms with Gasteiger partial charge in [0, 0.05) is 5.70 Å². The third kappa shape index (κ3) is 4.64. The summed E-state index contributed by atoms with van der Waals surface area (Å²) < 4.78 is 11.2. The van der Waals surface area contributed by atoms with Crippen molar-refractivity contribution < 1.29 is 14.3 Å². The number of ether oxygens (including phenoxy) is 2. The number of hydrogen-bond donors (Lipinski definition) is 3. The Morgan fingerprint density at radius 2 is 1.88 bits per heavy atom. The van der Waals surface area contributed by atoms with Crippen LogP contribution in [0.1, 0.15) is 29.5 Å². The van der Waals surface area contributed by atoms with Gasteiger partial charge in [-0.2, -0.15) is 0 Å². The maximum atomic E-state index is 13.0. The molecule has 1 aliphatic heterocycles. The molecule has 2 heterocycles. The number of aromatic nitrogens is 2. The van der Waals surface area contributed by atoms with Crippen molar-refractivity contribution in [2.24, 2.45) is 0 Å². The van der Waals surface area contributed by atoms with Crippen LogP contribution in [0.3, 0.4) is 0 Å². The first-order chi connectivity index (χ1) is 16.0. The number of anilines is 1. The van der Waals surface area contributed by atoms with Crippen LogP contribution >= 0.6 is 0 Å². The van der Waals surface area contributed by atoms with Crippen LogP contribution in [0.5, 0.6) is 5.75 Å². The van der Waals surface area contributed by atoms with Crippen LogP contribution in [-0.4, -0.2) is 22.5 Å². The Bertz CT molecular complexity index is 1340. The van der Waals surface area contributed by atoms with Gasteiger partial charge in [-0.25, -0.2) is 9.59 Å². The molecule has 4 rings (SSSR count). The third-order valence-electron chi connectivity index (χ3n) is 5.27. The van der Waals surface area contributed by atoms with Crippen molar-refractivity contribution >= 4 is 11.8 Å². The van der Waals surface area contributed by atoms with Crippen LogP contribution < -0.4 is 21.3 Å². The minimum absolute atomic E-state index is 0.0252. The van der Waals surface area contributed by atoms with E-state index in [0.29, 0.717) is 23.6 Å². The Hall–Kier alpha value is -4.33. The smallest absolute Gasteiger partial charge is 0.337 e. The summed E-state index contributed by atoms with van der Waals surface area (Å²) in [5.41, 5.74) is 1.37. The van der Waals surface area contributed by atoms with Crippen LogP contribution in [0.25, 0.3) is 0 Å². The molecule has 0 saturated carbocycles. The van der Waals surface area contributed by atoms with Gasteiger partial charge in [0.25, 0.3) is 5.56 Å². The first-order valence-corrected chi connectivity index (χ1v) is 10.4. The Labute approximate surface area is 189 Å². The molecule has 1 aromatic heterocycles. The fraction of sp³-hybridized carbons (Fsp3) is 0.160. The van der Waals surface area contributed by atoms with Crippen molar-refractivity contribution in [3.8, 4) is 5.75 Å². The molecule has 1 aliphatic rings. The van der Waals surface area contributed by atoms with Gasteiger partial charge < -0.3 is 14.8 Å². The van der Waals surface area contributed by atoms with E-state index in [9.17, 15) is 14.4 Å². The Kier molecular flexibility index (Phi) is 6.26. The lowest BCUT2D eigenvalue weighted by Crippen LogP contribution is -2.35. The highest BCUT2D eigenvalue weighted by atomic mass is 16.5. The minimum atomic E-state index is -0.778. The van der Waals surface area contributed by atoms with E-state index in [1.54, 1.807) is 31.2 Å². The lowest BCUT2D eigenvalue weighted by molar-refractivity contribution is -0.138. The summed E-state index contributed by atoms with van der Waals surface area (Å²) in [6, 6.07) is 16.9. The molecule has 168 valence electrons. The van der Waals surface area contributed by atoms with Crippen LogP contribution in [-0.2, 0) is 16.1 Å². The molecule has 0 spiro atoms. The van der Waals surface area contributed by atoms with E-state index in [-0.39, 0.29) is 23.6 Å². The quantitative estimate of drug-likeness (QED) is 0.380. The SMILES string of the molecule is C=CCOC(=O)C1=C(C)Nc2[nH]c(=O)[nH]c(=O)c2[C@H]1c1cccc(OCc2ccccc2)c1. The fourth-order valence-corrected chi connectivity index (χ4v) is 3.83. The lowest BCUT2D eigenvalue weighted by atomic mass is 9.82. The highest BCUT2D eigenvalue weighted by molar-refractivity contribution is 5.94. The Morgan fingerprint density at radius 1 is 1.09 bits per heavy atom. The molecule has 8 heteroatoms. The molecule has 0 fully saturated rings. The summed E-state index contributed by atoms with van der Waals surface area (Å²) in [5, 5.41) is 2.96. The summed E-state index contributed by atoms with van der Waals surface area (Å²) in [5.74, 6) is -0.549. The standard InChI is InChI=1S/C25H23N3O5/c1-3-12-32-24(30)19-15(2)26-22-21(23(29)28-25(31)27-22)20(19)17-10-7-11-18(13-17)33-14-16-8-5-4-6-9-16/h3-11,13,20H,1,12,14H2,2H3,(H3,26,27,28,29,31)/t20-/m0/s1. The summed E-state index contributed by atoms with van der Waals surface area (Å²) in [6.45, 7) is 5.65. The number of nitrogens with one attached hydrogen (secondary N) is 3. The van der Waals surface area contributed by atoms with E-state index >= 15 is 0 Å². The van der Waals surface area contributed by atoms with Crippen molar-refractivity contribution in [1.82, 2.24) is 9.97 Å². The molecule has 8 nitrogen and oxygen atoms in total. The Balaban J connectivity index is 1.77. The van der Waals surface area contributed by atoms with Gasteiger partial charge in [-0.3, -0.25) is 14.8 Å². The number of rotatable bonds is 7. The van der Waals surface area contributed by atoms with E-state index < -0.39 is 23.1 Å². The number of aromatic amines is 2. The maximum absolute atomic E-state index is 13.0. The second-order valence-electron chi connectivity index (χ2n) is 7.53. The molecule has 0 radical (unpaired) electrons. The molecule has 3 aromatic rings. The van der Waals surface area contributed by atoms with Gasteiger partial charge >= 0.3 is 11.7 Å². The number of fused-ring (bicyclic) bond motifs is 1. The second kappa shape index (κ2) is 9.44. The second-order valence-corrected chi connectivity index (χ2v) is 7.53. The number of H-pyrrole nitrogens is 2. The molecule has 0 unspecified atom stereocenters. The van der Waals surface area contributed by atoms with Gasteiger partial charge in [-0.15, -0.1) is 0 Å². The van der Waals surface area contributed by atoms with Crippen LogP contribution in [0, 0.1) is 0 Å². The van der Waals surface area contributed by atoms with E-state index in [1.807, 2.05) is 30.3 Å². The topological polar surface area (TPSA) is 113 Å². The number of esters is 1. The van der Waals surface area contributed by atoms with Crippen molar-refractivity contribution in [3.63, 3.8) is 0 Å². The molecule has 0 amide bonds. The maximum Gasteiger partial charge on any atom is 0.337 e. The van der Waals surface area contributed by atoms with Gasteiger partial charge in [-0.1, -0.05) is 55.1 Å². The summed E-state index contributed by atoms with van der Waals surface area (Å²) >= 11 is 0. The zero-order chi connectivity index (χ0) is 23.4. The number of benzene rings is 2. The van der Waals surface area contributed by atoms with Crippen LogP contribution in [0.15, 0.2) is 88.1 Å². The highest BCUT2D eigenvalue weighted by Gasteiger charge is 2.36. The number of allylic oxidation sites excluding steroid dienone is 1. The van der Waals surface area contributed by atoms with E-state index in [4.69, 9.17) is 9.47 Å². The lowest BCUT2D eigenvalue weighted by Gasteiger charge is -2.28. The van der Waals surface area contributed by atoms with Gasteiger partial charge in [0.05, 0.1) is 17.1 Å². The van der Waals surface area contributed by atoms with E-state index in [2.05, 4.69) is 21.9 Å². The molecule has 0 bridgehead atoms. The molecule has 3 N–H and O–H groups in total. The summed E-state index contributed by atoms with van der Waals surface area (Å²) in [4.78, 5) is 42.5. The summed E-state index contributed by atoms with van der Waals surface area (Å²) in [7, 11) is 0. The van der Waals surface area contributed by atoms with Crippen molar-refractivity contribution in [1.29, 1.82) is 0 Å². The largest absolute Gasteiger partial charge is 0.489 e. The number of carbonyl (C=O) groups excluding carboxylic acids is 1. The first-order valence-electron chi connectivity index (χ1n) is 10.4.